The lowest BCUT2D eigenvalue weighted by Crippen LogP contribution is -2.42. The molecule has 3 rings (SSSR count). The van der Waals surface area contributed by atoms with E-state index in [1.807, 2.05) is 0 Å². The topological polar surface area (TPSA) is 41.6 Å². The molecule has 1 saturated heterocycles. The Morgan fingerprint density at radius 1 is 1.24 bits per heavy atom. The van der Waals surface area contributed by atoms with Crippen LogP contribution < -0.4 is 5.73 Å². The molecule has 2 fully saturated rings. The number of nitrogens with two attached hydrogens (primary N) is 1. The van der Waals surface area contributed by atoms with E-state index in [-0.39, 0.29) is 17.5 Å². The van der Waals surface area contributed by atoms with Gasteiger partial charge in [0, 0.05) is 24.6 Å². The lowest BCUT2D eigenvalue weighted by atomic mass is 10.00. The second kappa shape index (κ2) is 5.62. The van der Waals surface area contributed by atoms with Crippen molar-refractivity contribution in [3.63, 3.8) is 0 Å². The first kappa shape index (κ1) is 14.3. The summed E-state index contributed by atoms with van der Waals surface area (Å²) < 4.78 is 27.4. The highest BCUT2D eigenvalue weighted by atomic mass is 19.1. The fourth-order valence-electron chi connectivity index (χ4n) is 2.99. The highest BCUT2D eigenvalue weighted by Gasteiger charge is 2.42. The molecule has 114 valence electrons. The number of benzene rings is 1. The van der Waals surface area contributed by atoms with Crippen LogP contribution in [0.4, 0.5) is 8.78 Å². The Balaban J connectivity index is 1.66. The number of nitrogens with zero attached hydrogens (tertiary/aromatic N) is 2. The van der Waals surface area contributed by atoms with Gasteiger partial charge in [-0.1, -0.05) is 13.0 Å². The van der Waals surface area contributed by atoms with Crippen molar-refractivity contribution in [2.45, 2.75) is 38.1 Å². The third kappa shape index (κ3) is 3.01. The van der Waals surface area contributed by atoms with Gasteiger partial charge in [0.1, 0.15) is 11.6 Å². The van der Waals surface area contributed by atoms with Crippen molar-refractivity contribution in [1.82, 2.24) is 4.90 Å². The normalized spacial score (nSPS) is 27.0. The first-order valence-corrected chi connectivity index (χ1v) is 7.58. The van der Waals surface area contributed by atoms with Gasteiger partial charge in [-0.15, -0.1) is 0 Å². The summed E-state index contributed by atoms with van der Waals surface area (Å²) in [7, 11) is 0. The minimum atomic E-state index is -0.483. The van der Waals surface area contributed by atoms with Crippen LogP contribution in [0.2, 0.25) is 0 Å². The Bertz CT molecular complexity index is 530. The summed E-state index contributed by atoms with van der Waals surface area (Å²) in [5.41, 5.74) is 6.20. The summed E-state index contributed by atoms with van der Waals surface area (Å²) >= 11 is 0. The van der Waals surface area contributed by atoms with E-state index in [1.165, 1.54) is 18.2 Å². The predicted octanol–water partition coefficient (Wildman–Crippen LogP) is 2.87. The highest BCUT2D eigenvalue weighted by Crippen LogP contribution is 2.45. The summed E-state index contributed by atoms with van der Waals surface area (Å²) in [6.45, 7) is 4.08. The fourth-order valence-corrected chi connectivity index (χ4v) is 2.99. The SMILES string of the molecule is CC1CCN(C(N)=NC2CC2c2c(F)cccc2F)CC1. The number of piperidine rings is 1. The number of hydrogen-bond acceptors (Lipinski definition) is 1. The van der Waals surface area contributed by atoms with Crippen LogP contribution >= 0.6 is 0 Å². The van der Waals surface area contributed by atoms with Crippen molar-refractivity contribution >= 4 is 5.96 Å². The zero-order valence-electron chi connectivity index (χ0n) is 12.2. The van der Waals surface area contributed by atoms with Gasteiger partial charge in [0.05, 0.1) is 6.04 Å². The molecule has 21 heavy (non-hydrogen) atoms. The Morgan fingerprint density at radius 2 is 1.86 bits per heavy atom. The van der Waals surface area contributed by atoms with Crippen molar-refractivity contribution < 1.29 is 8.78 Å². The smallest absolute Gasteiger partial charge is 0.191 e. The average Bonchev–Trinajstić information content (AvgIpc) is 3.18. The van der Waals surface area contributed by atoms with Gasteiger partial charge in [-0.3, -0.25) is 0 Å². The molecular formula is C16H21F2N3. The third-order valence-electron chi connectivity index (χ3n) is 4.53. The Labute approximate surface area is 123 Å². The molecule has 2 unspecified atom stereocenters. The van der Waals surface area contributed by atoms with Crippen LogP contribution in [-0.2, 0) is 0 Å². The van der Waals surface area contributed by atoms with Gasteiger partial charge in [0.2, 0.25) is 0 Å². The molecular weight excluding hydrogens is 272 g/mol. The molecule has 2 atom stereocenters. The van der Waals surface area contributed by atoms with E-state index in [0.717, 1.165) is 31.8 Å². The molecule has 3 nitrogen and oxygen atoms in total. The van der Waals surface area contributed by atoms with E-state index in [0.29, 0.717) is 12.4 Å². The lowest BCUT2D eigenvalue weighted by molar-refractivity contribution is 0.277. The largest absolute Gasteiger partial charge is 0.370 e. The molecule has 1 aliphatic heterocycles. The van der Waals surface area contributed by atoms with Crippen LogP contribution in [0.25, 0.3) is 0 Å². The van der Waals surface area contributed by atoms with Crippen molar-refractivity contribution in [2.24, 2.45) is 16.6 Å². The lowest BCUT2D eigenvalue weighted by Gasteiger charge is -2.31. The Morgan fingerprint density at radius 3 is 2.48 bits per heavy atom. The molecule has 1 saturated carbocycles. The fraction of sp³-hybridized carbons (Fsp3) is 0.562. The van der Waals surface area contributed by atoms with Crippen LogP contribution in [0.3, 0.4) is 0 Å². The number of rotatable bonds is 2. The number of likely N-dealkylation sites (tertiary alicyclic amines) is 1. The maximum atomic E-state index is 13.7. The minimum Gasteiger partial charge on any atom is -0.370 e. The van der Waals surface area contributed by atoms with Crippen LogP contribution in [0.15, 0.2) is 23.2 Å². The Hall–Kier alpha value is -1.65. The Kier molecular flexibility index (Phi) is 3.83. The number of aliphatic imine (C=N–C) groups is 1. The number of guanidine groups is 1. The van der Waals surface area contributed by atoms with Crippen LogP contribution in [0, 0.1) is 17.6 Å². The maximum absolute atomic E-state index is 13.7. The second-order valence-corrected chi connectivity index (χ2v) is 6.20. The highest BCUT2D eigenvalue weighted by molar-refractivity contribution is 5.78. The molecule has 0 bridgehead atoms. The van der Waals surface area contributed by atoms with Gasteiger partial charge >= 0.3 is 0 Å². The van der Waals surface area contributed by atoms with Crippen molar-refractivity contribution in [1.29, 1.82) is 0 Å². The molecule has 2 N–H and O–H groups in total. The molecule has 0 radical (unpaired) electrons. The summed E-state index contributed by atoms with van der Waals surface area (Å²) in [4.78, 5) is 6.54. The van der Waals surface area contributed by atoms with Crippen molar-refractivity contribution in [3.8, 4) is 0 Å². The summed E-state index contributed by atoms with van der Waals surface area (Å²) in [6.07, 6.45) is 2.90. The number of halogens is 2. The first-order valence-electron chi connectivity index (χ1n) is 7.58. The standard InChI is InChI=1S/C16H21F2N3/c1-10-5-7-21(8-6-10)16(19)20-14-9-11(14)15-12(17)3-2-4-13(15)18/h2-4,10-11,14H,5-9H2,1H3,(H2,19,20). The van der Waals surface area contributed by atoms with Gasteiger partial charge in [-0.25, -0.2) is 13.8 Å². The quantitative estimate of drug-likeness (QED) is 0.673. The molecule has 1 aliphatic carbocycles. The molecule has 1 heterocycles. The average molecular weight is 293 g/mol. The molecule has 2 aliphatic rings. The number of hydrogen-bond donors (Lipinski definition) is 1. The second-order valence-electron chi connectivity index (χ2n) is 6.20. The third-order valence-corrected chi connectivity index (χ3v) is 4.53. The molecule has 1 aromatic rings. The predicted molar refractivity (Wildman–Crippen MR) is 79.1 cm³/mol. The van der Waals surface area contributed by atoms with Gasteiger partial charge in [0.15, 0.2) is 5.96 Å². The molecule has 0 spiro atoms. The van der Waals surface area contributed by atoms with Gasteiger partial charge in [-0.2, -0.15) is 0 Å². The van der Waals surface area contributed by atoms with Gasteiger partial charge in [-0.05, 0) is 37.3 Å². The molecule has 1 aromatic carbocycles. The zero-order valence-corrected chi connectivity index (χ0v) is 12.2. The van der Waals surface area contributed by atoms with E-state index < -0.39 is 11.6 Å². The van der Waals surface area contributed by atoms with Crippen LogP contribution in [-0.4, -0.2) is 30.0 Å². The van der Waals surface area contributed by atoms with E-state index in [9.17, 15) is 8.78 Å². The summed E-state index contributed by atoms with van der Waals surface area (Å²) in [6, 6.07) is 3.90. The summed E-state index contributed by atoms with van der Waals surface area (Å²) in [5.74, 6) is 0.112. The van der Waals surface area contributed by atoms with Gasteiger partial charge < -0.3 is 10.6 Å². The monoisotopic (exact) mass is 293 g/mol. The maximum Gasteiger partial charge on any atom is 0.191 e. The van der Waals surface area contributed by atoms with Crippen molar-refractivity contribution in [3.05, 3.63) is 35.4 Å². The summed E-state index contributed by atoms with van der Waals surface area (Å²) in [5, 5.41) is 0. The minimum absolute atomic E-state index is 0.0873. The molecule has 5 heteroatoms. The molecule has 0 amide bonds. The van der Waals surface area contributed by atoms with E-state index in [2.05, 4.69) is 16.8 Å². The van der Waals surface area contributed by atoms with E-state index in [1.54, 1.807) is 0 Å². The van der Waals surface area contributed by atoms with Crippen LogP contribution in [0.1, 0.15) is 37.7 Å². The van der Waals surface area contributed by atoms with Crippen molar-refractivity contribution in [2.75, 3.05) is 13.1 Å². The molecule has 0 aromatic heterocycles. The van der Waals surface area contributed by atoms with E-state index >= 15 is 0 Å². The first-order chi connectivity index (χ1) is 10.1. The van der Waals surface area contributed by atoms with Crippen LogP contribution in [0.5, 0.6) is 0 Å². The zero-order chi connectivity index (χ0) is 15.0. The van der Waals surface area contributed by atoms with Gasteiger partial charge in [0.25, 0.3) is 0 Å². The van der Waals surface area contributed by atoms with E-state index in [4.69, 9.17) is 5.73 Å².